The van der Waals surface area contributed by atoms with Gasteiger partial charge in [0.05, 0.1) is 24.8 Å². The van der Waals surface area contributed by atoms with Crippen LogP contribution in [0.2, 0.25) is 5.02 Å². The molecular weight excluding hydrogens is 571 g/mol. The van der Waals surface area contributed by atoms with Gasteiger partial charge >= 0.3 is 5.97 Å². The number of nitrogens with one attached hydrogen (secondary N) is 1. The maximum atomic E-state index is 12.5. The average Bonchev–Trinajstić information content (AvgIpc) is 2.85. The van der Waals surface area contributed by atoms with Crippen molar-refractivity contribution in [2.45, 2.75) is 0 Å². The molecule has 1 N–H and O–H groups in total. The molecule has 9 heteroatoms. The van der Waals surface area contributed by atoms with E-state index in [4.69, 9.17) is 25.8 Å². The van der Waals surface area contributed by atoms with Gasteiger partial charge in [-0.05, 0) is 94.9 Å². The van der Waals surface area contributed by atoms with Crippen molar-refractivity contribution in [1.29, 1.82) is 5.26 Å². The van der Waals surface area contributed by atoms with Gasteiger partial charge < -0.3 is 19.5 Å². The summed E-state index contributed by atoms with van der Waals surface area (Å²) in [6.45, 7) is 0. The zero-order valence-electron chi connectivity index (χ0n) is 18.1. The lowest BCUT2D eigenvalue weighted by Crippen LogP contribution is -2.13. The molecule has 0 saturated carbocycles. The van der Waals surface area contributed by atoms with Crippen LogP contribution in [0.25, 0.3) is 6.08 Å². The van der Waals surface area contributed by atoms with E-state index in [9.17, 15) is 14.9 Å². The van der Waals surface area contributed by atoms with Crippen LogP contribution in [0.5, 0.6) is 17.2 Å². The van der Waals surface area contributed by atoms with E-state index in [1.807, 2.05) is 18.2 Å². The third kappa shape index (κ3) is 6.27. The van der Waals surface area contributed by atoms with Crippen LogP contribution in [0.1, 0.15) is 15.9 Å². The molecule has 0 fully saturated rings. The number of benzene rings is 3. The Labute approximate surface area is 215 Å². The Morgan fingerprint density at radius 1 is 1.03 bits per heavy atom. The number of ether oxygens (including phenoxy) is 3. The van der Waals surface area contributed by atoms with E-state index in [1.54, 1.807) is 36.4 Å². The largest absolute Gasteiger partial charge is 0.497 e. The van der Waals surface area contributed by atoms with E-state index in [0.29, 0.717) is 22.6 Å². The van der Waals surface area contributed by atoms with Crippen LogP contribution in [0.3, 0.4) is 0 Å². The number of amides is 1. The van der Waals surface area contributed by atoms with Crippen LogP contribution in [-0.2, 0) is 4.79 Å². The summed E-state index contributed by atoms with van der Waals surface area (Å²) in [7, 11) is 2.91. The van der Waals surface area contributed by atoms with Crippen LogP contribution in [0.15, 0.2) is 66.2 Å². The number of anilines is 1. The summed E-state index contributed by atoms with van der Waals surface area (Å²) in [5.41, 5.74) is 1.13. The molecule has 7 nitrogen and oxygen atoms in total. The molecule has 1 amide bonds. The third-order valence-electron chi connectivity index (χ3n) is 4.55. The van der Waals surface area contributed by atoms with Gasteiger partial charge in [0.1, 0.15) is 17.4 Å². The molecule has 0 aromatic heterocycles. The molecular formula is C25H18ClIN2O5. The fourth-order valence-corrected chi connectivity index (χ4v) is 3.47. The maximum Gasteiger partial charge on any atom is 0.343 e. The van der Waals surface area contributed by atoms with Crippen LogP contribution < -0.4 is 19.5 Å². The van der Waals surface area contributed by atoms with Crippen molar-refractivity contribution in [3.05, 3.63) is 86.0 Å². The van der Waals surface area contributed by atoms with Crippen molar-refractivity contribution in [1.82, 2.24) is 0 Å². The second kappa shape index (κ2) is 11.5. The zero-order chi connectivity index (χ0) is 24.7. The lowest BCUT2D eigenvalue weighted by atomic mass is 10.1. The van der Waals surface area contributed by atoms with Gasteiger partial charge in [-0.25, -0.2) is 4.79 Å². The Balaban J connectivity index is 1.83. The molecule has 0 aliphatic heterocycles. The van der Waals surface area contributed by atoms with Crippen LogP contribution >= 0.6 is 34.2 Å². The van der Waals surface area contributed by atoms with E-state index >= 15 is 0 Å². The molecule has 0 bridgehead atoms. The van der Waals surface area contributed by atoms with Gasteiger partial charge in [-0.3, -0.25) is 4.79 Å². The molecule has 0 atom stereocenters. The summed E-state index contributed by atoms with van der Waals surface area (Å²) < 4.78 is 16.9. The van der Waals surface area contributed by atoms with Crippen molar-refractivity contribution < 1.29 is 23.8 Å². The highest BCUT2D eigenvalue weighted by molar-refractivity contribution is 14.1. The second-order valence-corrected chi connectivity index (χ2v) is 8.44. The predicted octanol–water partition coefficient (Wildman–Crippen LogP) is 5.73. The maximum absolute atomic E-state index is 12.5. The lowest BCUT2D eigenvalue weighted by Gasteiger charge is -2.12. The van der Waals surface area contributed by atoms with Gasteiger partial charge in [-0.15, -0.1) is 0 Å². The Morgan fingerprint density at radius 3 is 2.29 bits per heavy atom. The number of carbonyl (C=O) groups excluding carboxylic acids is 2. The first-order chi connectivity index (χ1) is 16.3. The number of methoxy groups -OCH3 is 2. The highest BCUT2D eigenvalue weighted by Gasteiger charge is 2.18. The first kappa shape index (κ1) is 25.1. The number of hydrogen-bond acceptors (Lipinski definition) is 6. The highest BCUT2D eigenvalue weighted by Crippen LogP contribution is 2.37. The smallest absolute Gasteiger partial charge is 0.343 e. The average molecular weight is 589 g/mol. The molecule has 172 valence electrons. The van der Waals surface area contributed by atoms with Crippen LogP contribution in [0.4, 0.5) is 5.69 Å². The van der Waals surface area contributed by atoms with Gasteiger partial charge in [0.2, 0.25) is 0 Å². The standard InChI is InChI=1S/C25H18ClIN2O5/c1-32-20-9-3-16(4-10-20)25(31)34-23-21(26)12-15(13-22(23)33-2)11-17(14-28)24(30)29-19-7-5-18(27)6-8-19/h3-13H,1-2H3,(H,29,30)/b17-11+. The quantitative estimate of drug-likeness (QED) is 0.125. The van der Waals surface area contributed by atoms with Crippen molar-refractivity contribution in [3.8, 4) is 23.3 Å². The van der Waals surface area contributed by atoms with E-state index in [-0.39, 0.29) is 22.1 Å². The minimum Gasteiger partial charge on any atom is -0.497 e. The Hall–Kier alpha value is -3.55. The van der Waals surface area contributed by atoms with E-state index in [0.717, 1.165) is 3.57 Å². The molecule has 0 spiro atoms. The van der Waals surface area contributed by atoms with E-state index in [1.165, 1.54) is 32.4 Å². The van der Waals surface area contributed by atoms with Gasteiger partial charge in [-0.1, -0.05) is 11.6 Å². The minimum absolute atomic E-state index is 0.0176. The molecule has 0 aliphatic carbocycles. The molecule has 34 heavy (non-hydrogen) atoms. The summed E-state index contributed by atoms with van der Waals surface area (Å²) >= 11 is 8.51. The number of hydrogen-bond donors (Lipinski definition) is 1. The summed E-state index contributed by atoms with van der Waals surface area (Å²) in [6, 6.07) is 18.4. The van der Waals surface area contributed by atoms with Crippen molar-refractivity contribution in [3.63, 3.8) is 0 Å². The van der Waals surface area contributed by atoms with Crippen LogP contribution in [0, 0.1) is 14.9 Å². The molecule has 0 heterocycles. The molecule has 3 aromatic carbocycles. The predicted molar refractivity (Wildman–Crippen MR) is 137 cm³/mol. The van der Waals surface area contributed by atoms with E-state index < -0.39 is 11.9 Å². The SMILES string of the molecule is COc1ccc(C(=O)Oc2c(Cl)cc(/C=C(\C#N)C(=O)Nc3ccc(I)cc3)cc2OC)cc1. The number of halogens is 2. The van der Waals surface area contributed by atoms with Gasteiger partial charge in [0, 0.05) is 9.26 Å². The van der Waals surface area contributed by atoms with Crippen molar-refractivity contribution in [2.75, 3.05) is 19.5 Å². The zero-order valence-corrected chi connectivity index (χ0v) is 21.0. The minimum atomic E-state index is -0.638. The van der Waals surface area contributed by atoms with Crippen molar-refractivity contribution >= 4 is 57.8 Å². The van der Waals surface area contributed by atoms with Crippen molar-refractivity contribution in [2.24, 2.45) is 0 Å². The van der Waals surface area contributed by atoms with Gasteiger partial charge in [-0.2, -0.15) is 5.26 Å². The molecule has 0 unspecified atom stereocenters. The number of nitrogens with zero attached hydrogens (tertiary/aromatic N) is 1. The van der Waals surface area contributed by atoms with Crippen LogP contribution in [-0.4, -0.2) is 26.1 Å². The number of rotatable bonds is 7. The molecule has 0 saturated heterocycles. The third-order valence-corrected chi connectivity index (χ3v) is 5.55. The summed E-state index contributed by atoms with van der Waals surface area (Å²) in [6.07, 6.45) is 1.37. The second-order valence-electron chi connectivity index (χ2n) is 6.78. The molecule has 3 rings (SSSR count). The van der Waals surface area contributed by atoms with E-state index in [2.05, 4.69) is 27.9 Å². The molecule has 3 aromatic rings. The normalized spacial score (nSPS) is 10.7. The highest BCUT2D eigenvalue weighted by atomic mass is 127. The fraction of sp³-hybridized carbons (Fsp3) is 0.0800. The molecule has 0 aliphatic rings. The summed E-state index contributed by atoms with van der Waals surface area (Å²) in [4.78, 5) is 25.1. The first-order valence-electron chi connectivity index (χ1n) is 9.77. The first-order valence-corrected chi connectivity index (χ1v) is 11.2. The monoisotopic (exact) mass is 588 g/mol. The topological polar surface area (TPSA) is 97.7 Å². The summed E-state index contributed by atoms with van der Waals surface area (Å²) in [5, 5.41) is 12.2. The Bertz CT molecular complexity index is 1280. The lowest BCUT2D eigenvalue weighted by molar-refractivity contribution is -0.112. The number of carbonyl (C=O) groups is 2. The Morgan fingerprint density at radius 2 is 1.71 bits per heavy atom. The number of nitriles is 1. The van der Waals surface area contributed by atoms with Gasteiger partial charge in [0.15, 0.2) is 11.5 Å². The van der Waals surface area contributed by atoms with Gasteiger partial charge in [0.25, 0.3) is 5.91 Å². The molecule has 0 radical (unpaired) electrons. The summed E-state index contributed by atoms with van der Waals surface area (Å²) in [5.74, 6) is -0.433. The number of esters is 1. The Kier molecular flexibility index (Phi) is 8.51. The fourth-order valence-electron chi connectivity index (χ4n) is 2.85.